The first-order chi connectivity index (χ1) is 10.8. The van der Waals surface area contributed by atoms with Crippen molar-refractivity contribution in [3.8, 4) is 12.3 Å². The topological polar surface area (TPSA) is 46.3 Å². The molecular weight excluding hydrogens is 276 g/mol. The predicted molar refractivity (Wildman–Crippen MR) is 84.0 cm³/mol. The number of fused-ring (bicyclic) bond motifs is 1. The highest BCUT2D eigenvalue weighted by Crippen LogP contribution is 2.18. The molecule has 3 rings (SSSR count). The number of nitrogens with zero attached hydrogens (tertiary/aromatic N) is 2. The molecule has 2 aromatic heterocycles. The van der Waals surface area contributed by atoms with E-state index in [1.165, 1.54) is 0 Å². The molecule has 0 aliphatic heterocycles. The number of benzene rings is 1. The summed E-state index contributed by atoms with van der Waals surface area (Å²) in [6, 6.07) is 13.1. The Morgan fingerprint density at radius 3 is 2.86 bits per heavy atom. The number of furan rings is 1. The monoisotopic (exact) mass is 290 g/mol. The molecule has 2 heterocycles. The van der Waals surface area contributed by atoms with Gasteiger partial charge in [0.15, 0.2) is 0 Å². The van der Waals surface area contributed by atoms with Gasteiger partial charge in [-0.05, 0) is 23.6 Å². The van der Waals surface area contributed by atoms with Crippen molar-refractivity contribution in [2.45, 2.75) is 6.54 Å². The first kappa shape index (κ1) is 13.9. The van der Waals surface area contributed by atoms with Gasteiger partial charge in [0.05, 0.1) is 19.4 Å². The van der Waals surface area contributed by atoms with Crippen LogP contribution in [0.4, 0.5) is 0 Å². The second-order valence-corrected chi connectivity index (χ2v) is 4.83. The number of hydrogen-bond acceptors (Lipinski definition) is 3. The number of terminal acetylenes is 1. The zero-order chi connectivity index (χ0) is 15.4. The first-order valence-corrected chi connectivity index (χ1v) is 6.88. The second-order valence-electron chi connectivity index (χ2n) is 4.83. The van der Waals surface area contributed by atoms with Crippen LogP contribution in [-0.4, -0.2) is 22.3 Å². The lowest BCUT2D eigenvalue weighted by molar-refractivity contribution is 0.0751. The summed E-state index contributed by atoms with van der Waals surface area (Å²) in [6.07, 6.45) is 8.60. The number of hydrogen-bond donors (Lipinski definition) is 0. The molecule has 0 N–H and O–H groups in total. The van der Waals surface area contributed by atoms with Gasteiger partial charge >= 0.3 is 0 Å². The normalized spacial score (nSPS) is 10.3. The van der Waals surface area contributed by atoms with Gasteiger partial charge in [0.25, 0.3) is 5.91 Å². The molecule has 4 heteroatoms. The Kier molecular flexibility index (Phi) is 3.88. The van der Waals surface area contributed by atoms with Gasteiger partial charge in [-0.3, -0.25) is 9.78 Å². The molecule has 0 spiro atoms. The first-order valence-electron chi connectivity index (χ1n) is 6.88. The fourth-order valence-electron chi connectivity index (χ4n) is 2.34. The summed E-state index contributed by atoms with van der Waals surface area (Å²) < 4.78 is 5.30. The highest BCUT2D eigenvalue weighted by atomic mass is 16.3. The maximum atomic E-state index is 12.8. The summed E-state index contributed by atoms with van der Waals surface area (Å²) in [7, 11) is 0. The van der Waals surface area contributed by atoms with Crippen LogP contribution in [-0.2, 0) is 6.54 Å². The summed E-state index contributed by atoms with van der Waals surface area (Å²) >= 11 is 0. The van der Waals surface area contributed by atoms with Crippen molar-refractivity contribution in [1.82, 2.24) is 9.88 Å². The molecule has 0 fully saturated rings. The van der Waals surface area contributed by atoms with Crippen LogP contribution in [0.25, 0.3) is 10.8 Å². The van der Waals surface area contributed by atoms with Crippen LogP contribution in [0.3, 0.4) is 0 Å². The van der Waals surface area contributed by atoms with Gasteiger partial charge in [-0.1, -0.05) is 30.2 Å². The number of rotatable bonds is 4. The third-order valence-electron chi connectivity index (χ3n) is 3.37. The fraction of sp³-hybridized carbons (Fsp3) is 0.111. The summed E-state index contributed by atoms with van der Waals surface area (Å²) in [5, 5.41) is 1.79. The van der Waals surface area contributed by atoms with Crippen LogP contribution < -0.4 is 0 Å². The van der Waals surface area contributed by atoms with Gasteiger partial charge in [-0.25, -0.2) is 0 Å². The van der Waals surface area contributed by atoms with Crippen molar-refractivity contribution in [3.63, 3.8) is 0 Å². The summed E-state index contributed by atoms with van der Waals surface area (Å²) in [5.74, 6) is 3.00. The van der Waals surface area contributed by atoms with Gasteiger partial charge < -0.3 is 9.32 Å². The molecule has 1 aromatic carbocycles. The highest BCUT2D eigenvalue weighted by Gasteiger charge is 2.19. The van der Waals surface area contributed by atoms with Gasteiger partial charge in [0, 0.05) is 11.6 Å². The fourth-order valence-corrected chi connectivity index (χ4v) is 2.34. The smallest absolute Gasteiger partial charge is 0.274 e. The molecule has 0 aliphatic rings. The Hall–Kier alpha value is -3.06. The highest BCUT2D eigenvalue weighted by molar-refractivity contribution is 6.05. The zero-order valence-electron chi connectivity index (χ0n) is 11.9. The molecule has 22 heavy (non-hydrogen) atoms. The number of aromatic nitrogens is 1. The molecule has 4 nitrogen and oxygen atoms in total. The SMILES string of the molecule is C#CCN(Cc1ccco1)C(=O)c1nccc2ccccc12. The van der Waals surface area contributed by atoms with E-state index in [1.807, 2.05) is 36.4 Å². The molecule has 0 aliphatic carbocycles. The lowest BCUT2D eigenvalue weighted by Gasteiger charge is -2.19. The molecule has 0 bridgehead atoms. The molecule has 1 amide bonds. The molecule has 3 aromatic rings. The van der Waals surface area contributed by atoms with Crippen LogP contribution in [0.1, 0.15) is 16.2 Å². The minimum absolute atomic E-state index is 0.199. The van der Waals surface area contributed by atoms with Crippen molar-refractivity contribution in [2.75, 3.05) is 6.54 Å². The average molecular weight is 290 g/mol. The molecule has 0 atom stereocenters. The van der Waals surface area contributed by atoms with Crippen LogP contribution in [0.2, 0.25) is 0 Å². The van der Waals surface area contributed by atoms with Crippen LogP contribution >= 0.6 is 0 Å². The van der Waals surface area contributed by atoms with Crippen LogP contribution in [0.5, 0.6) is 0 Å². The standard InChI is InChI=1S/C18H14N2O2/c1-2-11-20(13-15-7-5-12-22-15)18(21)17-16-8-4-3-6-14(16)9-10-19-17/h1,3-10,12H,11,13H2. The van der Waals surface area contributed by atoms with E-state index < -0.39 is 0 Å². The largest absolute Gasteiger partial charge is 0.467 e. The van der Waals surface area contributed by atoms with E-state index in [9.17, 15) is 4.79 Å². The second kappa shape index (κ2) is 6.15. The number of pyridine rings is 1. The van der Waals surface area contributed by atoms with E-state index in [0.717, 1.165) is 10.8 Å². The van der Waals surface area contributed by atoms with Gasteiger partial charge in [-0.2, -0.15) is 0 Å². The minimum Gasteiger partial charge on any atom is -0.467 e. The van der Waals surface area contributed by atoms with E-state index in [0.29, 0.717) is 18.0 Å². The van der Waals surface area contributed by atoms with Crippen molar-refractivity contribution in [3.05, 3.63) is 66.4 Å². The molecule has 0 saturated heterocycles. The molecule has 108 valence electrons. The number of amides is 1. The Labute approximate surface area is 128 Å². The van der Waals surface area contributed by atoms with Crippen LogP contribution in [0.15, 0.2) is 59.3 Å². The lowest BCUT2D eigenvalue weighted by atomic mass is 10.1. The quantitative estimate of drug-likeness (QED) is 0.694. The molecule has 0 unspecified atom stereocenters. The van der Waals surface area contributed by atoms with Crippen LogP contribution in [0, 0.1) is 12.3 Å². The lowest BCUT2D eigenvalue weighted by Crippen LogP contribution is -2.31. The zero-order valence-corrected chi connectivity index (χ0v) is 11.9. The summed E-state index contributed by atoms with van der Waals surface area (Å²) in [5.41, 5.74) is 0.403. The van der Waals surface area contributed by atoms with E-state index in [-0.39, 0.29) is 12.5 Å². The third kappa shape index (κ3) is 2.70. The predicted octanol–water partition coefficient (Wildman–Crippen LogP) is 3.10. The van der Waals surface area contributed by atoms with Gasteiger partial charge in [0.2, 0.25) is 0 Å². The average Bonchev–Trinajstić information content (AvgIpc) is 3.06. The van der Waals surface area contributed by atoms with Gasteiger partial charge in [-0.15, -0.1) is 6.42 Å². The van der Waals surface area contributed by atoms with E-state index in [1.54, 1.807) is 23.4 Å². The van der Waals surface area contributed by atoms with Crippen molar-refractivity contribution in [1.29, 1.82) is 0 Å². The van der Waals surface area contributed by atoms with Crippen molar-refractivity contribution in [2.24, 2.45) is 0 Å². The molecule has 0 saturated carbocycles. The minimum atomic E-state index is -0.203. The third-order valence-corrected chi connectivity index (χ3v) is 3.37. The van der Waals surface area contributed by atoms with E-state index in [4.69, 9.17) is 10.8 Å². The maximum Gasteiger partial charge on any atom is 0.274 e. The summed E-state index contributed by atoms with van der Waals surface area (Å²) in [6.45, 7) is 0.519. The number of carbonyl (C=O) groups excluding carboxylic acids is 1. The van der Waals surface area contributed by atoms with Crippen molar-refractivity contribution < 1.29 is 9.21 Å². The Morgan fingerprint density at radius 2 is 2.09 bits per heavy atom. The Morgan fingerprint density at radius 1 is 1.23 bits per heavy atom. The van der Waals surface area contributed by atoms with E-state index in [2.05, 4.69) is 10.9 Å². The number of carbonyl (C=O) groups is 1. The summed E-state index contributed by atoms with van der Waals surface area (Å²) in [4.78, 5) is 18.6. The van der Waals surface area contributed by atoms with Gasteiger partial charge in [0.1, 0.15) is 11.5 Å². The Bertz CT molecular complexity index is 826. The van der Waals surface area contributed by atoms with Crippen molar-refractivity contribution >= 4 is 16.7 Å². The van der Waals surface area contributed by atoms with E-state index >= 15 is 0 Å². The molecule has 0 radical (unpaired) electrons. The Balaban J connectivity index is 1.97. The molecular formula is C18H14N2O2. The maximum absolute atomic E-state index is 12.8.